The third kappa shape index (κ3) is 9.09. The fourth-order valence-corrected chi connectivity index (χ4v) is 1.58. The Balaban J connectivity index is 0.000000518. The maximum atomic E-state index is 9.79. The van der Waals surface area contributed by atoms with Crippen LogP contribution >= 0.6 is 0 Å². The standard InChI is InChI=1S/C12H26O3.C6H12O/c1-11(2,3)9(14)8-15-10(7-13)12(4,5)6;1-6(2,3)5-4-7-5/h9-10,13-14H,7-8H2,1-6H3;5H,4H2,1-3H3. The number of hydrogen-bond acceptors (Lipinski definition) is 4. The zero-order valence-electron chi connectivity index (χ0n) is 16.1. The molecule has 0 spiro atoms. The lowest BCUT2D eigenvalue weighted by Gasteiger charge is -2.32. The third-order valence-electron chi connectivity index (χ3n) is 3.89. The molecule has 1 aliphatic heterocycles. The molecule has 0 saturated carbocycles. The van der Waals surface area contributed by atoms with Gasteiger partial charge in [-0.2, -0.15) is 0 Å². The largest absolute Gasteiger partial charge is 0.394 e. The molecule has 1 rings (SSSR count). The first-order valence-corrected chi connectivity index (χ1v) is 8.21. The van der Waals surface area contributed by atoms with E-state index in [1.165, 1.54) is 0 Å². The highest BCUT2D eigenvalue weighted by Gasteiger charge is 2.35. The van der Waals surface area contributed by atoms with Crippen molar-refractivity contribution < 1.29 is 19.7 Å². The minimum absolute atomic E-state index is 0.0135. The highest BCUT2D eigenvalue weighted by molar-refractivity contribution is 4.82. The molecule has 22 heavy (non-hydrogen) atoms. The summed E-state index contributed by atoms with van der Waals surface area (Å²) >= 11 is 0. The minimum Gasteiger partial charge on any atom is -0.394 e. The molecule has 0 radical (unpaired) electrons. The van der Waals surface area contributed by atoms with Crippen molar-refractivity contribution >= 4 is 0 Å². The molecule has 0 amide bonds. The second-order valence-electron chi connectivity index (χ2n) is 9.44. The lowest BCUT2D eigenvalue weighted by atomic mass is 9.88. The Morgan fingerprint density at radius 2 is 1.45 bits per heavy atom. The summed E-state index contributed by atoms with van der Waals surface area (Å²) in [5.74, 6) is 0. The molecule has 1 fully saturated rings. The Bertz CT molecular complexity index is 303. The van der Waals surface area contributed by atoms with Crippen molar-refractivity contribution in [2.75, 3.05) is 19.8 Å². The van der Waals surface area contributed by atoms with Gasteiger partial charge in [0, 0.05) is 0 Å². The van der Waals surface area contributed by atoms with E-state index < -0.39 is 6.10 Å². The predicted molar refractivity (Wildman–Crippen MR) is 90.9 cm³/mol. The second-order valence-corrected chi connectivity index (χ2v) is 9.44. The maximum absolute atomic E-state index is 9.79. The molecule has 3 atom stereocenters. The Hall–Kier alpha value is -0.160. The lowest BCUT2D eigenvalue weighted by Crippen LogP contribution is -2.38. The van der Waals surface area contributed by atoms with Gasteiger partial charge < -0.3 is 19.7 Å². The number of aliphatic hydroxyl groups is 2. The van der Waals surface area contributed by atoms with Gasteiger partial charge in [0.25, 0.3) is 0 Å². The maximum Gasteiger partial charge on any atom is 0.0858 e. The van der Waals surface area contributed by atoms with Gasteiger partial charge in [-0.05, 0) is 16.2 Å². The molecule has 1 saturated heterocycles. The van der Waals surface area contributed by atoms with E-state index >= 15 is 0 Å². The zero-order valence-corrected chi connectivity index (χ0v) is 16.1. The van der Waals surface area contributed by atoms with E-state index in [-0.39, 0.29) is 30.1 Å². The van der Waals surface area contributed by atoms with E-state index in [2.05, 4.69) is 20.8 Å². The van der Waals surface area contributed by atoms with E-state index in [1.807, 2.05) is 41.5 Å². The van der Waals surface area contributed by atoms with Gasteiger partial charge in [0.2, 0.25) is 0 Å². The zero-order chi connectivity index (χ0) is 17.8. The molecule has 4 nitrogen and oxygen atoms in total. The molecular weight excluding hydrogens is 280 g/mol. The molecule has 0 aromatic carbocycles. The van der Waals surface area contributed by atoms with Crippen molar-refractivity contribution in [1.82, 2.24) is 0 Å². The Labute approximate surface area is 137 Å². The van der Waals surface area contributed by atoms with Crippen LogP contribution in [0.4, 0.5) is 0 Å². The first-order valence-electron chi connectivity index (χ1n) is 8.21. The van der Waals surface area contributed by atoms with Gasteiger partial charge in [-0.1, -0.05) is 62.3 Å². The van der Waals surface area contributed by atoms with Crippen LogP contribution in [0, 0.1) is 16.2 Å². The topological polar surface area (TPSA) is 62.2 Å². The molecule has 0 bridgehead atoms. The summed E-state index contributed by atoms with van der Waals surface area (Å²) in [5.41, 5.74) is 0.101. The van der Waals surface area contributed by atoms with E-state index in [0.29, 0.717) is 11.5 Å². The Kier molecular flexibility index (Phi) is 8.03. The van der Waals surface area contributed by atoms with Crippen molar-refractivity contribution in [2.45, 2.75) is 80.6 Å². The van der Waals surface area contributed by atoms with Crippen molar-refractivity contribution in [2.24, 2.45) is 16.2 Å². The number of aliphatic hydroxyl groups excluding tert-OH is 2. The van der Waals surface area contributed by atoms with Gasteiger partial charge >= 0.3 is 0 Å². The normalized spacial score (nSPS) is 21.7. The van der Waals surface area contributed by atoms with Crippen LogP contribution in [0.1, 0.15) is 62.3 Å². The molecule has 0 aromatic rings. The quantitative estimate of drug-likeness (QED) is 0.781. The predicted octanol–water partition coefficient (Wildman–Crippen LogP) is 3.25. The van der Waals surface area contributed by atoms with Gasteiger partial charge in [-0.25, -0.2) is 0 Å². The fraction of sp³-hybridized carbons (Fsp3) is 1.00. The Morgan fingerprint density at radius 3 is 1.64 bits per heavy atom. The van der Waals surface area contributed by atoms with Crippen LogP contribution < -0.4 is 0 Å². The van der Waals surface area contributed by atoms with E-state index in [0.717, 1.165) is 6.61 Å². The van der Waals surface area contributed by atoms with E-state index in [4.69, 9.17) is 9.47 Å². The molecule has 1 aliphatic rings. The summed E-state index contributed by atoms with van der Waals surface area (Å²) in [7, 11) is 0. The molecule has 0 aromatic heterocycles. The van der Waals surface area contributed by atoms with Crippen molar-refractivity contribution in [3.63, 3.8) is 0 Å². The molecule has 2 N–H and O–H groups in total. The van der Waals surface area contributed by atoms with Gasteiger partial charge in [0.1, 0.15) is 0 Å². The van der Waals surface area contributed by atoms with Crippen molar-refractivity contribution in [3.05, 3.63) is 0 Å². The van der Waals surface area contributed by atoms with Gasteiger partial charge in [0.05, 0.1) is 38.1 Å². The summed E-state index contributed by atoms with van der Waals surface area (Å²) in [4.78, 5) is 0. The van der Waals surface area contributed by atoms with Crippen molar-refractivity contribution in [1.29, 1.82) is 0 Å². The van der Waals surface area contributed by atoms with Crippen molar-refractivity contribution in [3.8, 4) is 0 Å². The van der Waals surface area contributed by atoms with Gasteiger partial charge in [-0.3, -0.25) is 0 Å². The van der Waals surface area contributed by atoms with Crippen LogP contribution in [0.2, 0.25) is 0 Å². The lowest BCUT2D eigenvalue weighted by molar-refractivity contribution is -0.0979. The van der Waals surface area contributed by atoms with Crippen LogP contribution in [-0.4, -0.2) is 48.3 Å². The monoisotopic (exact) mass is 318 g/mol. The number of ether oxygens (including phenoxy) is 2. The summed E-state index contributed by atoms with van der Waals surface area (Å²) < 4.78 is 10.6. The van der Waals surface area contributed by atoms with Crippen LogP contribution in [0.15, 0.2) is 0 Å². The molecule has 1 heterocycles. The van der Waals surface area contributed by atoms with E-state index in [9.17, 15) is 10.2 Å². The summed E-state index contributed by atoms with van der Waals surface area (Å²) in [5, 5.41) is 19.0. The SMILES string of the molecule is CC(C)(C)C(O)COC(CO)C(C)(C)C.CC(C)(C)C1CO1. The number of epoxide rings is 1. The Morgan fingerprint density at radius 1 is 1.00 bits per heavy atom. The van der Waals surface area contributed by atoms with Crippen LogP contribution in [0.5, 0.6) is 0 Å². The molecule has 0 aliphatic carbocycles. The number of rotatable bonds is 4. The van der Waals surface area contributed by atoms with Crippen LogP contribution in [0.3, 0.4) is 0 Å². The van der Waals surface area contributed by atoms with Gasteiger partial charge in [-0.15, -0.1) is 0 Å². The van der Waals surface area contributed by atoms with Gasteiger partial charge in [0.15, 0.2) is 0 Å². The average Bonchev–Trinajstić information content (AvgIpc) is 3.09. The summed E-state index contributed by atoms with van der Waals surface area (Å²) in [6, 6.07) is 0. The van der Waals surface area contributed by atoms with Crippen LogP contribution in [-0.2, 0) is 9.47 Å². The second kappa shape index (κ2) is 8.09. The van der Waals surface area contributed by atoms with E-state index in [1.54, 1.807) is 0 Å². The minimum atomic E-state index is -0.506. The summed E-state index contributed by atoms with van der Waals surface area (Å²) in [6.45, 7) is 19.8. The molecule has 4 heteroatoms. The van der Waals surface area contributed by atoms with Crippen LogP contribution in [0.25, 0.3) is 0 Å². The molecular formula is C18H38O4. The average molecular weight is 318 g/mol. The smallest absolute Gasteiger partial charge is 0.0858 e. The number of hydrogen-bond donors (Lipinski definition) is 2. The first-order chi connectivity index (χ1) is 9.69. The fourth-order valence-electron chi connectivity index (χ4n) is 1.58. The summed E-state index contributed by atoms with van der Waals surface area (Å²) in [6.07, 6.45) is -0.184. The highest BCUT2D eigenvalue weighted by atomic mass is 16.6. The highest BCUT2D eigenvalue weighted by Crippen LogP contribution is 2.30. The molecule has 3 unspecified atom stereocenters. The molecule has 134 valence electrons. The first kappa shape index (κ1) is 21.8. The third-order valence-corrected chi connectivity index (χ3v) is 3.89.